The average molecular weight is 262 g/mol. The van der Waals surface area contributed by atoms with Crippen molar-refractivity contribution in [2.75, 3.05) is 6.61 Å². The monoisotopic (exact) mass is 262 g/mol. The summed E-state index contributed by atoms with van der Waals surface area (Å²) in [6, 6.07) is 0. The van der Waals surface area contributed by atoms with Crippen molar-refractivity contribution in [3.05, 3.63) is 0 Å². The molecule has 10 heteroatoms. The van der Waals surface area contributed by atoms with Gasteiger partial charge in [-0.1, -0.05) is 0 Å². The largest absolute Gasteiger partial charge is 0.469 e. The van der Waals surface area contributed by atoms with Crippen LogP contribution in [-0.2, 0) is 13.8 Å². The molecule has 0 amide bonds. The molecule has 96 valence electrons. The molecular weight excluding hydrogens is 250 g/mol. The van der Waals surface area contributed by atoms with Gasteiger partial charge in [-0.2, -0.15) is 0 Å². The Hall–Kier alpha value is -0.120. The van der Waals surface area contributed by atoms with Crippen LogP contribution in [0.25, 0.3) is 0 Å². The van der Waals surface area contributed by atoms with Gasteiger partial charge in [-0.05, 0) is 0 Å². The molecule has 1 unspecified atom stereocenters. The van der Waals surface area contributed by atoms with Crippen LogP contribution in [0, 0.1) is 0 Å². The van der Waals surface area contributed by atoms with Gasteiger partial charge in [0.25, 0.3) is 0 Å². The molecule has 0 aliphatic carbocycles. The van der Waals surface area contributed by atoms with Gasteiger partial charge < -0.3 is 29.8 Å². The first-order valence-corrected chi connectivity index (χ1v) is 5.79. The van der Waals surface area contributed by atoms with E-state index in [1.165, 1.54) is 0 Å². The number of halogens is 1. The molecular formula is C6H12FO8P. The second kappa shape index (κ2) is 5.03. The van der Waals surface area contributed by atoms with Gasteiger partial charge in [0.05, 0.1) is 6.61 Å². The summed E-state index contributed by atoms with van der Waals surface area (Å²) in [6.07, 6.45) is -9.26. The van der Waals surface area contributed by atoms with E-state index >= 15 is 0 Å². The normalized spacial score (nSPS) is 41.0. The summed E-state index contributed by atoms with van der Waals surface area (Å²) in [5.41, 5.74) is 0. The molecule has 1 aliphatic rings. The first-order chi connectivity index (χ1) is 7.22. The molecule has 1 saturated heterocycles. The molecule has 1 rings (SSSR count). The maximum Gasteiger partial charge on any atom is 0.469 e. The number of hydrogen-bond donors (Lipinski definition) is 5. The number of aliphatic hydroxyl groups is 3. The van der Waals surface area contributed by atoms with Gasteiger partial charge in [0.1, 0.15) is 18.3 Å². The SMILES string of the molecule is O=P(O)(O)OC[C@H]1OC(O)[C@H](O)[C@@H](O)[C@@H]1F. The van der Waals surface area contributed by atoms with Gasteiger partial charge in [0.15, 0.2) is 12.5 Å². The molecule has 0 aromatic heterocycles. The van der Waals surface area contributed by atoms with E-state index in [1.807, 2.05) is 0 Å². The van der Waals surface area contributed by atoms with Crippen molar-refractivity contribution in [2.45, 2.75) is 30.8 Å². The lowest BCUT2D eigenvalue weighted by Crippen LogP contribution is -2.56. The molecule has 8 nitrogen and oxygen atoms in total. The molecule has 0 spiro atoms. The predicted octanol–water partition coefficient (Wildman–Crippen LogP) is -2.13. The van der Waals surface area contributed by atoms with E-state index in [2.05, 4.69) is 9.26 Å². The highest BCUT2D eigenvalue weighted by Gasteiger charge is 2.44. The molecule has 5 atom stereocenters. The van der Waals surface area contributed by atoms with Gasteiger partial charge in [-0.25, -0.2) is 8.96 Å². The van der Waals surface area contributed by atoms with Gasteiger partial charge in [0, 0.05) is 0 Å². The van der Waals surface area contributed by atoms with Crippen molar-refractivity contribution in [3.63, 3.8) is 0 Å². The summed E-state index contributed by atoms with van der Waals surface area (Å²) in [7, 11) is -4.79. The van der Waals surface area contributed by atoms with Gasteiger partial charge in [-0.15, -0.1) is 0 Å². The second-order valence-corrected chi connectivity index (χ2v) is 4.52. The van der Waals surface area contributed by atoms with E-state index in [0.29, 0.717) is 0 Å². The number of phosphoric acid groups is 1. The van der Waals surface area contributed by atoms with E-state index in [4.69, 9.17) is 25.1 Å². The third kappa shape index (κ3) is 3.44. The first-order valence-electron chi connectivity index (χ1n) is 4.26. The molecule has 5 N–H and O–H groups in total. The summed E-state index contributed by atoms with van der Waals surface area (Å²) < 4.78 is 32.0. The Labute approximate surface area is 89.5 Å². The highest BCUT2D eigenvalue weighted by Crippen LogP contribution is 2.37. The molecule has 0 aromatic carbocycles. The summed E-state index contributed by atoms with van der Waals surface area (Å²) in [4.78, 5) is 16.7. The number of rotatable bonds is 3. The fraction of sp³-hybridized carbons (Fsp3) is 1.00. The maximum atomic E-state index is 13.3. The number of aliphatic hydroxyl groups excluding tert-OH is 3. The van der Waals surface area contributed by atoms with Crippen LogP contribution in [0.4, 0.5) is 4.39 Å². The lowest BCUT2D eigenvalue weighted by Gasteiger charge is -2.36. The van der Waals surface area contributed by atoms with Crippen LogP contribution >= 0.6 is 7.82 Å². The van der Waals surface area contributed by atoms with Crippen LogP contribution < -0.4 is 0 Å². The lowest BCUT2D eigenvalue weighted by molar-refractivity contribution is -0.274. The van der Waals surface area contributed by atoms with Crippen molar-refractivity contribution in [3.8, 4) is 0 Å². The van der Waals surface area contributed by atoms with Crippen LogP contribution in [0.3, 0.4) is 0 Å². The quantitative estimate of drug-likeness (QED) is 0.364. The Morgan fingerprint density at radius 1 is 1.25 bits per heavy atom. The van der Waals surface area contributed by atoms with Crippen molar-refractivity contribution < 1.29 is 43.3 Å². The number of phosphoric ester groups is 1. The topological polar surface area (TPSA) is 137 Å². The zero-order valence-corrected chi connectivity index (χ0v) is 8.77. The van der Waals surface area contributed by atoms with Gasteiger partial charge >= 0.3 is 7.82 Å². The molecule has 16 heavy (non-hydrogen) atoms. The Morgan fingerprint density at radius 2 is 1.81 bits per heavy atom. The second-order valence-electron chi connectivity index (χ2n) is 3.28. The lowest BCUT2D eigenvalue weighted by atomic mass is 10.0. The van der Waals surface area contributed by atoms with E-state index in [9.17, 15) is 8.96 Å². The van der Waals surface area contributed by atoms with Crippen LogP contribution in [0.5, 0.6) is 0 Å². The molecule has 0 saturated carbocycles. The Kier molecular flexibility index (Phi) is 4.38. The zero-order valence-electron chi connectivity index (χ0n) is 7.88. The van der Waals surface area contributed by atoms with Crippen molar-refractivity contribution in [1.29, 1.82) is 0 Å². The average Bonchev–Trinajstić information content (AvgIpc) is 2.17. The van der Waals surface area contributed by atoms with E-state index in [0.717, 1.165) is 0 Å². The number of ether oxygens (including phenoxy) is 1. The molecule has 0 radical (unpaired) electrons. The zero-order chi connectivity index (χ0) is 12.5. The highest BCUT2D eigenvalue weighted by molar-refractivity contribution is 7.46. The fourth-order valence-corrected chi connectivity index (χ4v) is 1.55. The van der Waals surface area contributed by atoms with Crippen LogP contribution in [0.1, 0.15) is 0 Å². The molecule has 1 aliphatic heterocycles. The Morgan fingerprint density at radius 3 is 2.31 bits per heavy atom. The van der Waals surface area contributed by atoms with E-state index in [-0.39, 0.29) is 0 Å². The smallest absolute Gasteiger partial charge is 0.387 e. The van der Waals surface area contributed by atoms with E-state index < -0.39 is 45.2 Å². The molecule has 1 heterocycles. The summed E-state index contributed by atoms with van der Waals surface area (Å²) >= 11 is 0. The minimum Gasteiger partial charge on any atom is -0.387 e. The number of hydrogen-bond acceptors (Lipinski definition) is 6. The predicted molar refractivity (Wildman–Crippen MR) is 45.8 cm³/mol. The number of alkyl halides is 1. The van der Waals surface area contributed by atoms with Crippen LogP contribution in [-0.4, -0.2) is 62.5 Å². The summed E-state index contributed by atoms with van der Waals surface area (Å²) in [6.45, 7) is -0.855. The third-order valence-corrected chi connectivity index (χ3v) is 2.53. The molecule has 1 fully saturated rings. The third-order valence-electron chi connectivity index (χ3n) is 2.04. The molecule has 0 aromatic rings. The van der Waals surface area contributed by atoms with E-state index in [1.54, 1.807) is 0 Å². The summed E-state index contributed by atoms with van der Waals surface area (Å²) in [5.74, 6) is 0. The fourth-order valence-electron chi connectivity index (χ4n) is 1.21. The summed E-state index contributed by atoms with van der Waals surface area (Å²) in [5, 5.41) is 27.1. The Bertz CT molecular complexity index is 282. The minimum absolute atomic E-state index is 0.855. The van der Waals surface area contributed by atoms with Gasteiger partial charge in [-0.3, -0.25) is 4.52 Å². The maximum absolute atomic E-state index is 13.3. The minimum atomic E-state index is -4.79. The first kappa shape index (κ1) is 13.9. The van der Waals surface area contributed by atoms with Crippen molar-refractivity contribution in [2.24, 2.45) is 0 Å². The van der Waals surface area contributed by atoms with Crippen molar-refractivity contribution in [1.82, 2.24) is 0 Å². The van der Waals surface area contributed by atoms with Crippen LogP contribution in [0.15, 0.2) is 0 Å². The van der Waals surface area contributed by atoms with Crippen LogP contribution in [0.2, 0.25) is 0 Å². The van der Waals surface area contributed by atoms with Gasteiger partial charge in [0.2, 0.25) is 0 Å². The highest BCUT2D eigenvalue weighted by atomic mass is 31.2. The Balaban J connectivity index is 2.57. The standard InChI is InChI=1S/C6H12FO8P/c7-3-2(1-14-16(11,12)13)15-6(10)5(9)4(3)8/h2-6,8-10H,1H2,(H2,11,12,13)/t2-,3-,4+,5-,6?/m1/s1. The molecule has 0 bridgehead atoms. The van der Waals surface area contributed by atoms with Crippen molar-refractivity contribution >= 4 is 7.82 Å².